The number of aromatic nitrogens is 2. The van der Waals surface area contributed by atoms with Gasteiger partial charge in [0.05, 0.1) is 12.2 Å². The summed E-state index contributed by atoms with van der Waals surface area (Å²) in [7, 11) is 0. The Balaban J connectivity index is 2.10. The van der Waals surface area contributed by atoms with Gasteiger partial charge in [-0.1, -0.05) is 38.1 Å². The highest BCUT2D eigenvalue weighted by molar-refractivity contribution is 5.26. The van der Waals surface area contributed by atoms with Crippen molar-refractivity contribution in [1.82, 2.24) is 15.1 Å². The SMILES string of the molecule is Cc1ccccc1Cn1cc(CNC(C)C)c(C)n1. The Bertz CT molecular complexity index is 541. The Morgan fingerprint density at radius 2 is 1.89 bits per heavy atom. The summed E-state index contributed by atoms with van der Waals surface area (Å²) in [5.74, 6) is 0. The molecule has 0 aliphatic heterocycles. The van der Waals surface area contributed by atoms with Crippen LogP contribution < -0.4 is 5.32 Å². The summed E-state index contributed by atoms with van der Waals surface area (Å²) in [6.07, 6.45) is 2.15. The Hall–Kier alpha value is -1.61. The fourth-order valence-electron chi connectivity index (χ4n) is 2.09. The molecule has 0 aliphatic rings. The first-order valence-electron chi connectivity index (χ1n) is 6.87. The maximum atomic E-state index is 4.60. The summed E-state index contributed by atoms with van der Waals surface area (Å²) < 4.78 is 2.04. The first kappa shape index (κ1) is 13.8. The molecule has 0 fully saturated rings. The highest BCUT2D eigenvalue weighted by atomic mass is 15.3. The molecule has 0 saturated heterocycles. The Labute approximate surface area is 115 Å². The third-order valence-corrected chi connectivity index (χ3v) is 3.34. The van der Waals surface area contributed by atoms with Gasteiger partial charge >= 0.3 is 0 Å². The van der Waals surface area contributed by atoms with Gasteiger partial charge in [-0.05, 0) is 25.0 Å². The van der Waals surface area contributed by atoms with E-state index in [-0.39, 0.29) is 0 Å². The van der Waals surface area contributed by atoms with Crippen LogP contribution in [0, 0.1) is 13.8 Å². The summed E-state index contributed by atoms with van der Waals surface area (Å²) in [6.45, 7) is 10.3. The van der Waals surface area contributed by atoms with Crippen molar-refractivity contribution in [3.05, 3.63) is 52.8 Å². The van der Waals surface area contributed by atoms with Crippen LogP contribution >= 0.6 is 0 Å². The molecule has 0 bridgehead atoms. The minimum Gasteiger partial charge on any atom is -0.310 e. The van der Waals surface area contributed by atoms with E-state index in [1.54, 1.807) is 0 Å². The van der Waals surface area contributed by atoms with Gasteiger partial charge in [-0.25, -0.2) is 0 Å². The first-order chi connectivity index (χ1) is 9.06. The molecule has 0 spiro atoms. The lowest BCUT2D eigenvalue weighted by molar-refractivity contribution is 0.587. The topological polar surface area (TPSA) is 29.9 Å². The van der Waals surface area contributed by atoms with E-state index < -0.39 is 0 Å². The monoisotopic (exact) mass is 257 g/mol. The van der Waals surface area contributed by atoms with Crippen LogP contribution in [-0.4, -0.2) is 15.8 Å². The first-order valence-corrected chi connectivity index (χ1v) is 6.87. The lowest BCUT2D eigenvalue weighted by Crippen LogP contribution is -2.21. The van der Waals surface area contributed by atoms with Crippen molar-refractivity contribution in [1.29, 1.82) is 0 Å². The Kier molecular flexibility index (Phi) is 4.38. The average molecular weight is 257 g/mol. The molecule has 0 unspecified atom stereocenters. The third kappa shape index (κ3) is 3.67. The quantitative estimate of drug-likeness (QED) is 0.892. The second kappa shape index (κ2) is 6.02. The van der Waals surface area contributed by atoms with E-state index in [0.717, 1.165) is 18.8 Å². The third-order valence-electron chi connectivity index (χ3n) is 3.34. The number of benzene rings is 1. The van der Waals surface area contributed by atoms with Crippen molar-refractivity contribution in [2.45, 2.75) is 46.8 Å². The van der Waals surface area contributed by atoms with Crippen molar-refractivity contribution in [3.63, 3.8) is 0 Å². The molecule has 102 valence electrons. The molecular weight excluding hydrogens is 234 g/mol. The standard InChI is InChI=1S/C16H23N3/c1-12(2)17-9-16-11-19(18-14(16)4)10-15-8-6-5-7-13(15)3/h5-8,11-12,17H,9-10H2,1-4H3. The van der Waals surface area contributed by atoms with Crippen LogP contribution in [0.2, 0.25) is 0 Å². The van der Waals surface area contributed by atoms with Crippen LogP contribution in [0.25, 0.3) is 0 Å². The highest BCUT2D eigenvalue weighted by Gasteiger charge is 2.06. The second-order valence-electron chi connectivity index (χ2n) is 5.40. The second-order valence-corrected chi connectivity index (χ2v) is 5.40. The van der Waals surface area contributed by atoms with Crippen LogP contribution in [0.4, 0.5) is 0 Å². The van der Waals surface area contributed by atoms with Gasteiger partial charge < -0.3 is 5.32 Å². The molecule has 3 nitrogen and oxygen atoms in total. The molecule has 3 heteroatoms. The van der Waals surface area contributed by atoms with E-state index in [0.29, 0.717) is 6.04 Å². The van der Waals surface area contributed by atoms with Gasteiger partial charge in [0.15, 0.2) is 0 Å². The zero-order valence-electron chi connectivity index (χ0n) is 12.3. The molecule has 1 aromatic heterocycles. The predicted octanol–water partition coefficient (Wildman–Crippen LogP) is 3.05. The largest absolute Gasteiger partial charge is 0.310 e. The predicted molar refractivity (Wildman–Crippen MR) is 79.2 cm³/mol. The molecule has 0 amide bonds. The number of rotatable bonds is 5. The normalized spacial score (nSPS) is 11.2. The molecule has 1 aromatic carbocycles. The van der Waals surface area contributed by atoms with E-state index >= 15 is 0 Å². The van der Waals surface area contributed by atoms with Gasteiger partial charge in [0.25, 0.3) is 0 Å². The summed E-state index contributed by atoms with van der Waals surface area (Å²) >= 11 is 0. The van der Waals surface area contributed by atoms with Crippen LogP contribution in [0.1, 0.15) is 36.2 Å². The number of nitrogens with zero attached hydrogens (tertiary/aromatic N) is 2. The van der Waals surface area contributed by atoms with Crippen LogP contribution in [0.5, 0.6) is 0 Å². The van der Waals surface area contributed by atoms with Gasteiger partial charge in [0.2, 0.25) is 0 Å². The molecule has 19 heavy (non-hydrogen) atoms. The van der Waals surface area contributed by atoms with E-state index in [4.69, 9.17) is 0 Å². The summed E-state index contributed by atoms with van der Waals surface area (Å²) in [5.41, 5.74) is 5.04. The van der Waals surface area contributed by atoms with Crippen LogP contribution in [0.15, 0.2) is 30.5 Å². The fourth-order valence-corrected chi connectivity index (χ4v) is 2.09. The minimum absolute atomic E-state index is 0.499. The number of hydrogen-bond acceptors (Lipinski definition) is 2. The van der Waals surface area contributed by atoms with Crippen LogP contribution in [-0.2, 0) is 13.1 Å². The molecular formula is C16H23N3. The fraction of sp³-hybridized carbons (Fsp3) is 0.438. The lowest BCUT2D eigenvalue weighted by atomic mass is 10.1. The minimum atomic E-state index is 0.499. The van der Waals surface area contributed by atoms with Crippen LogP contribution in [0.3, 0.4) is 0 Å². The maximum Gasteiger partial charge on any atom is 0.0662 e. The smallest absolute Gasteiger partial charge is 0.0662 e. The molecule has 1 heterocycles. The van der Waals surface area contributed by atoms with E-state index in [1.165, 1.54) is 16.7 Å². The number of hydrogen-bond donors (Lipinski definition) is 1. The number of aryl methyl sites for hydroxylation is 2. The van der Waals surface area contributed by atoms with Crippen molar-refractivity contribution in [2.24, 2.45) is 0 Å². The van der Waals surface area contributed by atoms with Gasteiger partial charge in [-0.2, -0.15) is 5.10 Å². The Morgan fingerprint density at radius 1 is 1.16 bits per heavy atom. The van der Waals surface area contributed by atoms with E-state index in [1.807, 2.05) is 4.68 Å². The summed E-state index contributed by atoms with van der Waals surface area (Å²) in [5, 5.41) is 8.04. The van der Waals surface area contributed by atoms with Crippen molar-refractivity contribution in [2.75, 3.05) is 0 Å². The van der Waals surface area contributed by atoms with Crippen molar-refractivity contribution < 1.29 is 0 Å². The zero-order valence-corrected chi connectivity index (χ0v) is 12.3. The molecule has 1 N–H and O–H groups in total. The zero-order chi connectivity index (χ0) is 13.8. The lowest BCUT2D eigenvalue weighted by Gasteiger charge is -2.06. The van der Waals surface area contributed by atoms with Gasteiger partial charge in [-0.15, -0.1) is 0 Å². The number of nitrogens with one attached hydrogen (secondary N) is 1. The van der Waals surface area contributed by atoms with Crippen molar-refractivity contribution >= 4 is 0 Å². The van der Waals surface area contributed by atoms with Gasteiger partial charge in [-0.3, -0.25) is 4.68 Å². The van der Waals surface area contributed by atoms with E-state index in [2.05, 4.69) is 68.6 Å². The summed E-state index contributed by atoms with van der Waals surface area (Å²) in [6, 6.07) is 8.97. The Morgan fingerprint density at radius 3 is 2.58 bits per heavy atom. The molecule has 0 saturated carbocycles. The molecule has 2 rings (SSSR count). The molecule has 2 aromatic rings. The molecule has 0 radical (unpaired) electrons. The summed E-state index contributed by atoms with van der Waals surface area (Å²) in [4.78, 5) is 0. The molecule has 0 aliphatic carbocycles. The maximum absolute atomic E-state index is 4.60. The van der Waals surface area contributed by atoms with E-state index in [9.17, 15) is 0 Å². The average Bonchev–Trinajstić information content (AvgIpc) is 2.70. The highest BCUT2D eigenvalue weighted by Crippen LogP contribution is 2.11. The van der Waals surface area contributed by atoms with Gasteiger partial charge in [0, 0.05) is 24.3 Å². The van der Waals surface area contributed by atoms with Crippen molar-refractivity contribution in [3.8, 4) is 0 Å². The molecule has 0 atom stereocenters. The van der Waals surface area contributed by atoms with Gasteiger partial charge in [0.1, 0.15) is 0 Å².